The number of carbonyl (C=O) groups excluding carboxylic acids is 2. The monoisotopic (exact) mass is 409 g/mol. The number of primary amides is 2. The summed E-state index contributed by atoms with van der Waals surface area (Å²) in [6, 6.07) is 6.26. The van der Waals surface area contributed by atoms with Gasteiger partial charge in [0.15, 0.2) is 11.5 Å². The topological polar surface area (TPSA) is 167 Å². The molecule has 0 aliphatic heterocycles. The molecule has 11 heteroatoms. The number of rotatable bonds is 9. The first-order valence-corrected chi connectivity index (χ1v) is 9.30. The Hall–Kier alpha value is -4.02. The predicted octanol–water partition coefficient (Wildman–Crippen LogP) is 1.21. The molecule has 11 nitrogen and oxygen atoms in total. The molecule has 3 aromatic heterocycles. The predicted molar refractivity (Wildman–Crippen MR) is 111 cm³/mol. The molecule has 6 N–H and O–H groups in total. The molecule has 0 fully saturated rings. The van der Waals surface area contributed by atoms with E-state index in [1.807, 2.05) is 13.8 Å². The zero-order valence-electron chi connectivity index (χ0n) is 16.6. The Morgan fingerprint density at radius 2 is 1.90 bits per heavy atom. The van der Waals surface area contributed by atoms with Gasteiger partial charge in [-0.05, 0) is 30.5 Å². The van der Waals surface area contributed by atoms with Gasteiger partial charge in [0.05, 0.1) is 30.0 Å². The third kappa shape index (κ3) is 5.07. The van der Waals surface area contributed by atoms with Gasteiger partial charge < -0.3 is 22.1 Å². The van der Waals surface area contributed by atoms with Crippen LogP contribution in [0, 0.1) is 5.92 Å². The van der Waals surface area contributed by atoms with Gasteiger partial charge in [-0.25, -0.2) is 9.97 Å². The van der Waals surface area contributed by atoms with E-state index in [4.69, 9.17) is 11.5 Å². The number of nitrogens with one attached hydrogen (secondary N) is 2. The molecule has 3 heterocycles. The van der Waals surface area contributed by atoms with Gasteiger partial charge in [-0.3, -0.25) is 9.59 Å². The second-order valence-electron chi connectivity index (χ2n) is 7.04. The van der Waals surface area contributed by atoms with E-state index < -0.39 is 17.9 Å². The second-order valence-corrected chi connectivity index (χ2v) is 7.04. The molecule has 156 valence electrons. The maximum Gasteiger partial charge on any atom is 0.269 e. The number of carbonyl (C=O) groups is 2. The van der Waals surface area contributed by atoms with E-state index in [2.05, 4.69) is 30.8 Å². The molecule has 1 atom stereocenters. The highest BCUT2D eigenvalue weighted by Gasteiger charge is 2.19. The van der Waals surface area contributed by atoms with Crippen LogP contribution in [0.3, 0.4) is 0 Å². The van der Waals surface area contributed by atoms with Gasteiger partial charge in [-0.2, -0.15) is 10.2 Å². The molecule has 0 aromatic carbocycles. The van der Waals surface area contributed by atoms with E-state index in [-0.39, 0.29) is 11.6 Å². The Kier molecular flexibility index (Phi) is 6.20. The SMILES string of the molecule is CC(C)C[C@@H](Nc1cnc(C(N)=O)c(Nc2cccc(-n3nccn3)n2)c1)C(N)=O. The van der Waals surface area contributed by atoms with E-state index in [1.165, 1.54) is 11.0 Å². The lowest BCUT2D eigenvalue weighted by Crippen LogP contribution is -2.36. The fourth-order valence-corrected chi connectivity index (χ4v) is 2.83. The third-order valence-electron chi connectivity index (χ3n) is 4.13. The van der Waals surface area contributed by atoms with E-state index >= 15 is 0 Å². The largest absolute Gasteiger partial charge is 0.372 e. The summed E-state index contributed by atoms with van der Waals surface area (Å²) in [5.74, 6) is -0.00683. The summed E-state index contributed by atoms with van der Waals surface area (Å²) < 4.78 is 0. The molecule has 0 aliphatic rings. The molecular formula is C19H23N9O2. The maximum absolute atomic E-state index is 11.8. The Morgan fingerprint density at radius 3 is 2.53 bits per heavy atom. The Balaban J connectivity index is 1.89. The number of hydrogen-bond acceptors (Lipinski definition) is 8. The number of aromatic nitrogens is 5. The van der Waals surface area contributed by atoms with Crippen molar-refractivity contribution in [3.05, 3.63) is 48.5 Å². The number of pyridine rings is 2. The first-order chi connectivity index (χ1) is 14.3. The highest BCUT2D eigenvalue weighted by atomic mass is 16.1. The van der Waals surface area contributed by atoms with E-state index in [1.54, 1.807) is 36.7 Å². The quantitative estimate of drug-likeness (QED) is 0.409. The standard InChI is InChI=1S/C19H23N9O2/c1-11(2)8-14(18(20)29)25-12-9-13(17(19(21)30)22-10-12)26-15-4-3-5-16(27-15)28-23-6-7-24-28/h3-7,9-11,14,25H,8H2,1-2H3,(H2,20,29)(H2,21,30)(H,26,27)/t14-/m1/s1. The lowest BCUT2D eigenvalue weighted by molar-refractivity contribution is -0.119. The van der Waals surface area contributed by atoms with Crippen LogP contribution >= 0.6 is 0 Å². The summed E-state index contributed by atoms with van der Waals surface area (Å²) in [5.41, 5.74) is 11.8. The minimum absolute atomic E-state index is 0.0319. The minimum atomic E-state index is -0.706. The summed E-state index contributed by atoms with van der Waals surface area (Å²) in [6.07, 6.45) is 5.06. The lowest BCUT2D eigenvalue weighted by Gasteiger charge is -2.19. The van der Waals surface area contributed by atoms with Gasteiger partial charge in [0.1, 0.15) is 11.9 Å². The number of nitrogens with two attached hydrogens (primary N) is 2. The van der Waals surface area contributed by atoms with Crippen molar-refractivity contribution in [1.29, 1.82) is 0 Å². The molecule has 0 saturated heterocycles. The Morgan fingerprint density at radius 1 is 1.17 bits per heavy atom. The smallest absolute Gasteiger partial charge is 0.269 e. The molecule has 0 aliphatic carbocycles. The molecule has 2 amide bonds. The summed E-state index contributed by atoms with van der Waals surface area (Å²) in [7, 11) is 0. The van der Waals surface area contributed by atoms with Crippen LogP contribution in [0.25, 0.3) is 5.82 Å². The van der Waals surface area contributed by atoms with Crippen LogP contribution in [0.15, 0.2) is 42.9 Å². The summed E-state index contributed by atoms with van der Waals surface area (Å²) in [4.78, 5) is 33.5. The van der Waals surface area contributed by atoms with Crippen molar-refractivity contribution in [2.24, 2.45) is 17.4 Å². The molecule has 0 spiro atoms. The van der Waals surface area contributed by atoms with Crippen LogP contribution in [-0.2, 0) is 4.79 Å². The van der Waals surface area contributed by atoms with Crippen molar-refractivity contribution in [1.82, 2.24) is 25.0 Å². The average Bonchev–Trinajstić information content (AvgIpc) is 3.22. The molecule has 0 bridgehead atoms. The fraction of sp³-hybridized carbons (Fsp3) is 0.263. The highest BCUT2D eigenvalue weighted by molar-refractivity contribution is 5.97. The van der Waals surface area contributed by atoms with Gasteiger partial charge in [-0.15, -0.1) is 4.80 Å². The molecule has 3 rings (SSSR count). The van der Waals surface area contributed by atoms with Gasteiger partial charge in [-0.1, -0.05) is 19.9 Å². The van der Waals surface area contributed by atoms with Crippen LogP contribution in [0.5, 0.6) is 0 Å². The number of amides is 2. The Labute approximate surface area is 172 Å². The van der Waals surface area contributed by atoms with Crippen molar-refractivity contribution < 1.29 is 9.59 Å². The fourth-order valence-electron chi connectivity index (χ4n) is 2.83. The molecule has 0 radical (unpaired) electrons. The van der Waals surface area contributed by atoms with Crippen LogP contribution in [0.1, 0.15) is 30.8 Å². The van der Waals surface area contributed by atoms with Gasteiger partial charge >= 0.3 is 0 Å². The van der Waals surface area contributed by atoms with E-state index in [0.29, 0.717) is 29.4 Å². The van der Waals surface area contributed by atoms with E-state index in [0.717, 1.165) is 0 Å². The van der Waals surface area contributed by atoms with E-state index in [9.17, 15) is 9.59 Å². The van der Waals surface area contributed by atoms with Crippen molar-refractivity contribution in [3.63, 3.8) is 0 Å². The lowest BCUT2D eigenvalue weighted by atomic mass is 10.0. The third-order valence-corrected chi connectivity index (χ3v) is 4.13. The molecule has 3 aromatic rings. The second kappa shape index (κ2) is 8.99. The van der Waals surface area contributed by atoms with Gasteiger partial charge in [0.2, 0.25) is 5.91 Å². The van der Waals surface area contributed by atoms with Gasteiger partial charge in [0.25, 0.3) is 5.91 Å². The summed E-state index contributed by atoms with van der Waals surface area (Å²) >= 11 is 0. The zero-order valence-corrected chi connectivity index (χ0v) is 16.6. The van der Waals surface area contributed by atoms with Crippen molar-refractivity contribution in [3.8, 4) is 5.82 Å². The molecule has 0 unspecified atom stereocenters. The normalized spacial score (nSPS) is 11.8. The molecular weight excluding hydrogens is 386 g/mol. The zero-order chi connectivity index (χ0) is 21.7. The first kappa shape index (κ1) is 20.7. The summed E-state index contributed by atoms with van der Waals surface area (Å²) in [6.45, 7) is 3.98. The first-order valence-electron chi connectivity index (χ1n) is 9.30. The van der Waals surface area contributed by atoms with Crippen LogP contribution < -0.4 is 22.1 Å². The van der Waals surface area contributed by atoms with Crippen molar-refractivity contribution >= 4 is 29.0 Å². The van der Waals surface area contributed by atoms with Crippen LogP contribution in [0.2, 0.25) is 0 Å². The van der Waals surface area contributed by atoms with Crippen LogP contribution in [-0.4, -0.2) is 42.8 Å². The van der Waals surface area contributed by atoms with Crippen molar-refractivity contribution in [2.45, 2.75) is 26.3 Å². The molecule has 30 heavy (non-hydrogen) atoms. The Bertz CT molecular complexity index is 1030. The minimum Gasteiger partial charge on any atom is -0.372 e. The number of nitrogens with zero attached hydrogens (tertiary/aromatic N) is 5. The average molecular weight is 409 g/mol. The number of hydrogen-bond donors (Lipinski definition) is 4. The van der Waals surface area contributed by atoms with Crippen LogP contribution in [0.4, 0.5) is 17.2 Å². The summed E-state index contributed by atoms with van der Waals surface area (Å²) in [5, 5.41) is 14.2. The molecule has 0 saturated carbocycles. The number of anilines is 3. The van der Waals surface area contributed by atoms with Crippen molar-refractivity contribution in [2.75, 3.05) is 10.6 Å². The highest BCUT2D eigenvalue weighted by Crippen LogP contribution is 2.23. The van der Waals surface area contributed by atoms with Gasteiger partial charge in [0, 0.05) is 0 Å². The maximum atomic E-state index is 11.8.